The van der Waals surface area contributed by atoms with Gasteiger partial charge in [0, 0.05) is 13.1 Å². The first kappa shape index (κ1) is 9.85. The van der Waals surface area contributed by atoms with Gasteiger partial charge in [-0.2, -0.15) is 5.26 Å². The van der Waals surface area contributed by atoms with Crippen molar-refractivity contribution in [3.63, 3.8) is 0 Å². The number of nitriles is 1. The van der Waals surface area contributed by atoms with Gasteiger partial charge >= 0.3 is 6.09 Å². The molecule has 1 aliphatic rings. The highest BCUT2D eigenvalue weighted by Gasteiger charge is 2.42. The van der Waals surface area contributed by atoms with Gasteiger partial charge in [0.25, 0.3) is 0 Å². The summed E-state index contributed by atoms with van der Waals surface area (Å²) in [5.41, 5.74) is -0.365. The van der Waals surface area contributed by atoms with E-state index < -0.39 is 0 Å². The quantitative estimate of drug-likeness (QED) is 0.615. The summed E-state index contributed by atoms with van der Waals surface area (Å²) in [6.45, 7) is 6.42. The van der Waals surface area contributed by atoms with Crippen molar-refractivity contribution in [2.75, 3.05) is 13.1 Å². The molecule has 0 N–H and O–H groups in total. The fourth-order valence-electron chi connectivity index (χ4n) is 1.27. The van der Waals surface area contributed by atoms with E-state index in [-0.39, 0.29) is 17.6 Å². The average Bonchev–Trinajstić information content (AvgIpc) is 1.97. The lowest BCUT2D eigenvalue weighted by Gasteiger charge is -2.42. The topological polar surface area (TPSA) is 53.3 Å². The standard InChI is InChI=1S/C9H14N2O2/c1-7(2)13-8(12)11-5-9(3,4-10)6-11/h7H,5-6H2,1-3H3. The third-order valence-corrected chi connectivity index (χ3v) is 1.94. The molecule has 1 rings (SSSR count). The van der Waals surface area contributed by atoms with E-state index in [4.69, 9.17) is 10.00 Å². The number of amides is 1. The fraction of sp³-hybridized carbons (Fsp3) is 0.778. The first-order valence-electron chi connectivity index (χ1n) is 4.34. The van der Waals surface area contributed by atoms with E-state index in [9.17, 15) is 4.79 Å². The lowest BCUT2D eigenvalue weighted by atomic mass is 9.84. The molecule has 4 heteroatoms. The highest BCUT2D eigenvalue weighted by atomic mass is 16.6. The van der Waals surface area contributed by atoms with Gasteiger partial charge in [-0.05, 0) is 20.8 Å². The summed E-state index contributed by atoms with van der Waals surface area (Å²) in [7, 11) is 0. The van der Waals surface area contributed by atoms with Crippen LogP contribution >= 0.6 is 0 Å². The van der Waals surface area contributed by atoms with Crippen LogP contribution in [0, 0.1) is 16.7 Å². The molecule has 4 nitrogen and oxygen atoms in total. The Labute approximate surface area is 78.1 Å². The second-order valence-corrected chi connectivity index (χ2v) is 3.96. The summed E-state index contributed by atoms with van der Waals surface area (Å²) < 4.78 is 4.97. The molecule has 0 saturated carbocycles. The third kappa shape index (κ3) is 2.11. The van der Waals surface area contributed by atoms with Crippen LogP contribution in [0.4, 0.5) is 4.79 Å². The van der Waals surface area contributed by atoms with Crippen LogP contribution in [0.3, 0.4) is 0 Å². The molecule has 0 radical (unpaired) electrons. The number of nitrogens with zero attached hydrogens (tertiary/aromatic N) is 2. The van der Waals surface area contributed by atoms with Crippen molar-refractivity contribution in [2.24, 2.45) is 5.41 Å². The smallest absolute Gasteiger partial charge is 0.410 e. The zero-order valence-corrected chi connectivity index (χ0v) is 8.20. The summed E-state index contributed by atoms with van der Waals surface area (Å²) in [4.78, 5) is 12.8. The zero-order valence-electron chi connectivity index (χ0n) is 8.20. The van der Waals surface area contributed by atoms with Gasteiger partial charge in [0.1, 0.15) is 0 Å². The molecule has 1 heterocycles. The lowest BCUT2D eigenvalue weighted by molar-refractivity contribution is 0.0201. The molecule has 1 fully saturated rings. The Morgan fingerprint density at radius 2 is 2.15 bits per heavy atom. The van der Waals surface area contributed by atoms with Crippen LogP contribution in [-0.4, -0.2) is 30.2 Å². The molecule has 0 bridgehead atoms. The first-order chi connectivity index (χ1) is 5.97. The number of carbonyl (C=O) groups is 1. The van der Waals surface area contributed by atoms with E-state index in [0.717, 1.165) is 0 Å². The van der Waals surface area contributed by atoms with Crippen molar-refractivity contribution in [2.45, 2.75) is 26.9 Å². The molecule has 0 spiro atoms. The predicted molar refractivity (Wildman–Crippen MR) is 46.9 cm³/mol. The van der Waals surface area contributed by atoms with Gasteiger partial charge in [0.05, 0.1) is 17.6 Å². The SMILES string of the molecule is CC(C)OC(=O)N1CC(C)(C#N)C1. The van der Waals surface area contributed by atoms with E-state index in [1.165, 1.54) is 0 Å². The second kappa shape index (κ2) is 3.25. The highest BCUT2D eigenvalue weighted by molar-refractivity contribution is 5.69. The highest BCUT2D eigenvalue weighted by Crippen LogP contribution is 2.29. The molecule has 0 aromatic heterocycles. The Morgan fingerprint density at radius 3 is 2.54 bits per heavy atom. The maximum Gasteiger partial charge on any atom is 0.410 e. The largest absolute Gasteiger partial charge is 0.447 e. The summed E-state index contributed by atoms with van der Waals surface area (Å²) in [5, 5.41) is 8.70. The summed E-state index contributed by atoms with van der Waals surface area (Å²) >= 11 is 0. The van der Waals surface area contributed by atoms with Crippen LogP contribution in [0.25, 0.3) is 0 Å². The number of rotatable bonds is 1. The maximum atomic E-state index is 11.2. The van der Waals surface area contributed by atoms with Crippen molar-refractivity contribution < 1.29 is 9.53 Å². The second-order valence-electron chi connectivity index (χ2n) is 3.96. The van der Waals surface area contributed by atoms with Gasteiger partial charge in [-0.25, -0.2) is 4.79 Å². The van der Waals surface area contributed by atoms with E-state index in [1.54, 1.807) is 18.7 Å². The van der Waals surface area contributed by atoms with Crippen LogP contribution in [0.2, 0.25) is 0 Å². The number of likely N-dealkylation sites (tertiary alicyclic amines) is 1. The molecule has 13 heavy (non-hydrogen) atoms. The van der Waals surface area contributed by atoms with E-state index in [1.807, 2.05) is 6.92 Å². The number of hydrogen-bond acceptors (Lipinski definition) is 3. The average molecular weight is 182 g/mol. The first-order valence-corrected chi connectivity index (χ1v) is 4.34. The van der Waals surface area contributed by atoms with Crippen molar-refractivity contribution in [1.29, 1.82) is 5.26 Å². The Kier molecular flexibility index (Phi) is 2.46. The maximum absolute atomic E-state index is 11.2. The fourth-order valence-corrected chi connectivity index (χ4v) is 1.27. The predicted octanol–water partition coefficient (Wildman–Crippen LogP) is 1.38. The molecular weight excluding hydrogens is 168 g/mol. The van der Waals surface area contributed by atoms with Gasteiger partial charge in [0.15, 0.2) is 0 Å². The monoisotopic (exact) mass is 182 g/mol. The molecule has 0 aliphatic carbocycles. The Bertz CT molecular complexity index is 249. The Morgan fingerprint density at radius 1 is 1.62 bits per heavy atom. The van der Waals surface area contributed by atoms with Crippen LogP contribution in [0.15, 0.2) is 0 Å². The summed E-state index contributed by atoms with van der Waals surface area (Å²) in [6, 6.07) is 2.17. The minimum absolute atomic E-state index is 0.0959. The van der Waals surface area contributed by atoms with Crippen molar-refractivity contribution in [3.05, 3.63) is 0 Å². The van der Waals surface area contributed by atoms with Crippen molar-refractivity contribution >= 4 is 6.09 Å². The van der Waals surface area contributed by atoms with Gasteiger partial charge in [-0.15, -0.1) is 0 Å². The minimum Gasteiger partial charge on any atom is -0.447 e. The molecule has 1 amide bonds. The molecule has 72 valence electrons. The Balaban J connectivity index is 2.36. The zero-order chi connectivity index (χ0) is 10.1. The minimum atomic E-state index is -0.365. The van der Waals surface area contributed by atoms with E-state index in [2.05, 4.69) is 6.07 Å². The normalized spacial score (nSPS) is 19.2. The molecule has 1 saturated heterocycles. The van der Waals surface area contributed by atoms with Crippen molar-refractivity contribution in [1.82, 2.24) is 4.90 Å². The molecule has 0 unspecified atom stereocenters. The van der Waals surface area contributed by atoms with Gasteiger partial charge in [0.2, 0.25) is 0 Å². The number of hydrogen-bond donors (Lipinski definition) is 0. The third-order valence-electron chi connectivity index (χ3n) is 1.94. The molecule has 1 aliphatic heterocycles. The van der Waals surface area contributed by atoms with Gasteiger partial charge in [-0.1, -0.05) is 0 Å². The van der Waals surface area contributed by atoms with Crippen LogP contribution in [0.1, 0.15) is 20.8 Å². The number of carbonyl (C=O) groups excluding carboxylic acids is 1. The Hall–Kier alpha value is -1.24. The summed E-state index contributed by atoms with van der Waals surface area (Å²) in [5.74, 6) is 0. The van der Waals surface area contributed by atoms with Gasteiger partial charge < -0.3 is 9.64 Å². The molecule has 0 atom stereocenters. The van der Waals surface area contributed by atoms with E-state index in [0.29, 0.717) is 13.1 Å². The van der Waals surface area contributed by atoms with Crippen molar-refractivity contribution in [3.8, 4) is 6.07 Å². The lowest BCUT2D eigenvalue weighted by Crippen LogP contribution is -2.56. The van der Waals surface area contributed by atoms with E-state index >= 15 is 0 Å². The van der Waals surface area contributed by atoms with Crippen LogP contribution < -0.4 is 0 Å². The van der Waals surface area contributed by atoms with Crippen LogP contribution in [-0.2, 0) is 4.74 Å². The summed E-state index contributed by atoms with van der Waals surface area (Å²) in [6.07, 6.45) is -0.413. The number of ether oxygens (including phenoxy) is 1. The molecule has 0 aromatic carbocycles. The molecule has 0 aromatic rings. The molecular formula is C9H14N2O2. The van der Waals surface area contributed by atoms with Crippen LogP contribution in [0.5, 0.6) is 0 Å². The van der Waals surface area contributed by atoms with Gasteiger partial charge in [-0.3, -0.25) is 0 Å².